The molecule has 2 rings (SSSR count). The van der Waals surface area contributed by atoms with Crippen LogP contribution in [0.3, 0.4) is 0 Å². The Balaban J connectivity index is 0. The first-order valence-corrected chi connectivity index (χ1v) is 9.99. The van der Waals surface area contributed by atoms with E-state index < -0.39 is 0 Å². The van der Waals surface area contributed by atoms with Crippen molar-refractivity contribution in [3.05, 3.63) is 30.1 Å². The Kier molecular flexibility index (Phi) is 20.3. The van der Waals surface area contributed by atoms with Crippen molar-refractivity contribution in [2.75, 3.05) is 19.6 Å². The second-order valence-electron chi connectivity index (χ2n) is 5.18. The van der Waals surface area contributed by atoms with Gasteiger partial charge in [0.05, 0.1) is 0 Å². The van der Waals surface area contributed by atoms with Gasteiger partial charge < -0.3 is 4.90 Å². The highest BCUT2D eigenvalue weighted by atomic mass is 15.1. The van der Waals surface area contributed by atoms with Crippen molar-refractivity contribution in [3.8, 4) is 0 Å². The molecule has 1 aliphatic rings. The van der Waals surface area contributed by atoms with E-state index in [1.807, 2.05) is 53.9 Å². The standard InChI is InChI=1S/C15H24N2.3C2H6/c1-2-3-14-6-11-17(12-7-14)13-8-15-4-9-16-10-5-15;3*1-2/h4-5,9-10,14H,2-3,6-8,11-13H2,1H3;3*1-2H3. The lowest BCUT2D eigenvalue weighted by molar-refractivity contribution is 0.180. The van der Waals surface area contributed by atoms with Gasteiger partial charge in [-0.2, -0.15) is 0 Å². The summed E-state index contributed by atoms with van der Waals surface area (Å²) in [6, 6.07) is 4.26. The maximum atomic E-state index is 4.06. The lowest BCUT2D eigenvalue weighted by atomic mass is 9.92. The third kappa shape index (κ3) is 12.2. The quantitative estimate of drug-likeness (QED) is 0.640. The Bertz CT molecular complexity index is 303. The average Bonchev–Trinajstić information content (AvgIpc) is 2.67. The minimum absolute atomic E-state index is 0.997. The molecule has 0 bridgehead atoms. The molecule has 1 saturated heterocycles. The molecule has 1 aromatic heterocycles. The minimum Gasteiger partial charge on any atom is -0.303 e. The molecule has 1 fully saturated rings. The zero-order valence-corrected chi connectivity index (χ0v) is 16.9. The second kappa shape index (κ2) is 19.2. The largest absolute Gasteiger partial charge is 0.303 e. The van der Waals surface area contributed by atoms with Crippen molar-refractivity contribution >= 4 is 0 Å². The summed E-state index contributed by atoms with van der Waals surface area (Å²) in [6.07, 6.45) is 10.5. The highest BCUT2D eigenvalue weighted by molar-refractivity contribution is 5.09. The van der Waals surface area contributed by atoms with Gasteiger partial charge in [-0.25, -0.2) is 0 Å². The van der Waals surface area contributed by atoms with Crippen LogP contribution in [0.15, 0.2) is 24.5 Å². The molecule has 0 atom stereocenters. The summed E-state index contributed by atoms with van der Waals surface area (Å²) in [5.41, 5.74) is 1.41. The zero-order valence-electron chi connectivity index (χ0n) is 16.9. The number of aromatic nitrogens is 1. The Hall–Kier alpha value is -0.890. The molecule has 0 amide bonds. The fourth-order valence-electron chi connectivity index (χ4n) is 2.74. The van der Waals surface area contributed by atoms with Gasteiger partial charge in [0.2, 0.25) is 0 Å². The lowest BCUT2D eigenvalue weighted by Crippen LogP contribution is -2.35. The van der Waals surface area contributed by atoms with Gasteiger partial charge in [0.15, 0.2) is 0 Å². The van der Waals surface area contributed by atoms with Gasteiger partial charge in [-0.3, -0.25) is 4.98 Å². The topological polar surface area (TPSA) is 16.1 Å². The van der Waals surface area contributed by atoms with E-state index in [1.165, 1.54) is 57.3 Å². The van der Waals surface area contributed by atoms with Crippen molar-refractivity contribution in [2.45, 2.75) is 80.6 Å². The van der Waals surface area contributed by atoms with E-state index in [4.69, 9.17) is 0 Å². The number of hydrogen-bond acceptors (Lipinski definition) is 2. The van der Waals surface area contributed by atoms with Crippen LogP contribution in [0.1, 0.15) is 79.7 Å². The van der Waals surface area contributed by atoms with Crippen LogP contribution in [0.5, 0.6) is 0 Å². The van der Waals surface area contributed by atoms with Crippen molar-refractivity contribution < 1.29 is 0 Å². The molecule has 0 saturated carbocycles. The summed E-state index contributed by atoms with van der Waals surface area (Å²) in [5, 5.41) is 0. The molecule has 1 aliphatic heterocycles. The van der Waals surface area contributed by atoms with Gasteiger partial charge in [0.1, 0.15) is 0 Å². The SMILES string of the molecule is CC.CC.CC.CCCC1CCN(CCc2ccncc2)CC1. The van der Waals surface area contributed by atoms with Crippen LogP contribution in [0.4, 0.5) is 0 Å². The summed E-state index contributed by atoms with van der Waals surface area (Å²) in [4.78, 5) is 6.67. The van der Waals surface area contributed by atoms with E-state index in [-0.39, 0.29) is 0 Å². The number of piperidine rings is 1. The van der Waals surface area contributed by atoms with Gasteiger partial charge in [-0.05, 0) is 56.0 Å². The van der Waals surface area contributed by atoms with Gasteiger partial charge in [-0.1, -0.05) is 61.3 Å². The first-order valence-electron chi connectivity index (χ1n) is 9.99. The fraction of sp³-hybridized carbons (Fsp3) is 0.762. The fourth-order valence-corrected chi connectivity index (χ4v) is 2.74. The molecule has 23 heavy (non-hydrogen) atoms. The molecule has 0 spiro atoms. The molecule has 2 nitrogen and oxygen atoms in total. The Morgan fingerprint density at radius 3 is 1.96 bits per heavy atom. The third-order valence-electron chi connectivity index (χ3n) is 3.87. The predicted octanol–water partition coefficient (Wildman–Crippen LogP) is 6.21. The van der Waals surface area contributed by atoms with E-state index in [9.17, 15) is 0 Å². The normalized spacial score (nSPS) is 14.4. The molecule has 136 valence electrons. The molecule has 2 heteroatoms. The molecular weight excluding hydrogens is 280 g/mol. The Morgan fingerprint density at radius 1 is 0.957 bits per heavy atom. The predicted molar refractivity (Wildman–Crippen MR) is 106 cm³/mol. The van der Waals surface area contributed by atoms with E-state index in [0.717, 1.165) is 5.92 Å². The molecule has 0 radical (unpaired) electrons. The maximum absolute atomic E-state index is 4.06. The summed E-state index contributed by atoms with van der Waals surface area (Å²) < 4.78 is 0. The number of pyridine rings is 1. The van der Waals surface area contributed by atoms with Crippen molar-refractivity contribution in [3.63, 3.8) is 0 Å². The summed E-state index contributed by atoms with van der Waals surface area (Å²) in [5.74, 6) is 0.997. The summed E-state index contributed by atoms with van der Waals surface area (Å²) in [7, 11) is 0. The maximum Gasteiger partial charge on any atom is 0.0270 e. The zero-order chi connectivity index (χ0) is 17.9. The summed E-state index contributed by atoms with van der Waals surface area (Å²) in [6.45, 7) is 18.1. The van der Waals surface area contributed by atoms with E-state index in [2.05, 4.69) is 28.9 Å². The Morgan fingerprint density at radius 2 is 1.48 bits per heavy atom. The van der Waals surface area contributed by atoms with Crippen LogP contribution < -0.4 is 0 Å². The number of nitrogens with zero attached hydrogens (tertiary/aromatic N) is 2. The van der Waals surface area contributed by atoms with Crippen LogP contribution >= 0.6 is 0 Å². The number of hydrogen-bond donors (Lipinski definition) is 0. The van der Waals surface area contributed by atoms with Crippen molar-refractivity contribution in [1.29, 1.82) is 0 Å². The average molecular weight is 323 g/mol. The summed E-state index contributed by atoms with van der Waals surface area (Å²) >= 11 is 0. The van der Waals surface area contributed by atoms with Crippen molar-refractivity contribution in [2.24, 2.45) is 5.92 Å². The minimum atomic E-state index is 0.997. The van der Waals surface area contributed by atoms with Crippen LogP contribution in [0.25, 0.3) is 0 Å². The molecule has 0 N–H and O–H groups in total. The van der Waals surface area contributed by atoms with Gasteiger partial charge >= 0.3 is 0 Å². The molecule has 1 aromatic rings. The first kappa shape index (κ1) is 24.4. The highest BCUT2D eigenvalue weighted by Crippen LogP contribution is 2.21. The monoisotopic (exact) mass is 322 g/mol. The van der Waals surface area contributed by atoms with Crippen LogP contribution in [0, 0.1) is 5.92 Å². The van der Waals surface area contributed by atoms with E-state index >= 15 is 0 Å². The second-order valence-corrected chi connectivity index (χ2v) is 5.18. The van der Waals surface area contributed by atoms with Crippen LogP contribution in [0.2, 0.25) is 0 Å². The van der Waals surface area contributed by atoms with Crippen LogP contribution in [-0.4, -0.2) is 29.5 Å². The van der Waals surface area contributed by atoms with E-state index in [0.29, 0.717) is 0 Å². The third-order valence-corrected chi connectivity index (χ3v) is 3.87. The molecule has 0 aromatic carbocycles. The van der Waals surface area contributed by atoms with Crippen molar-refractivity contribution in [1.82, 2.24) is 9.88 Å². The lowest BCUT2D eigenvalue weighted by Gasteiger charge is -2.31. The molecule has 0 aliphatic carbocycles. The highest BCUT2D eigenvalue weighted by Gasteiger charge is 2.17. The molecule has 2 heterocycles. The first-order chi connectivity index (χ1) is 11.4. The number of rotatable bonds is 5. The van der Waals surface area contributed by atoms with Gasteiger partial charge in [0, 0.05) is 18.9 Å². The van der Waals surface area contributed by atoms with Gasteiger partial charge in [-0.15, -0.1) is 0 Å². The molecular formula is C21H42N2. The van der Waals surface area contributed by atoms with Crippen LogP contribution in [-0.2, 0) is 6.42 Å². The number of likely N-dealkylation sites (tertiary alicyclic amines) is 1. The molecule has 0 unspecified atom stereocenters. The van der Waals surface area contributed by atoms with Gasteiger partial charge in [0.25, 0.3) is 0 Å². The van der Waals surface area contributed by atoms with E-state index in [1.54, 1.807) is 0 Å². The smallest absolute Gasteiger partial charge is 0.0270 e. The Labute approximate surface area is 146 Å².